The lowest BCUT2D eigenvalue weighted by atomic mass is 10.1. The van der Waals surface area contributed by atoms with Crippen molar-refractivity contribution in [2.45, 2.75) is 25.4 Å². The van der Waals surface area contributed by atoms with Crippen LogP contribution < -0.4 is 4.74 Å². The molecule has 1 heterocycles. The number of phenolic OH excluding ortho intramolecular Hbond substituents is 1. The normalized spacial score (nSPS) is 18.6. The van der Waals surface area contributed by atoms with Gasteiger partial charge in [0.25, 0.3) is 5.91 Å². The first-order chi connectivity index (χ1) is 9.63. The third kappa shape index (κ3) is 3.22. The molecule has 110 valence electrons. The van der Waals surface area contributed by atoms with E-state index in [0.29, 0.717) is 12.3 Å². The van der Waals surface area contributed by atoms with Gasteiger partial charge in [0.05, 0.1) is 18.8 Å². The molecular weight excluding hydrogens is 258 g/mol. The average Bonchev–Trinajstić information content (AvgIpc) is 2.48. The SMILES string of the molecule is COc1cccc(C(=O)N(C)CC2CCCCO2)c1O. The second-order valence-corrected chi connectivity index (χ2v) is 5.03. The van der Waals surface area contributed by atoms with Crippen molar-refractivity contribution in [2.75, 3.05) is 27.3 Å². The van der Waals surface area contributed by atoms with E-state index in [1.807, 2.05) is 0 Å². The molecule has 1 aromatic carbocycles. The van der Waals surface area contributed by atoms with Crippen LogP contribution in [-0.4, -0.2) is 49.3 Å². The number of methoxy groups -OCH3 is 1. The van der Waals surface area contributed by atoms with E-state index in [1.165, 1.54) is 7.11 Å². The minimum Gasteiger partial charge on any atom is -0.504 e. The number of phenols is 1. The highest BCUT2D eigenvalue weighted by molar-refractivity contribution is 5.97. The van der Waals surface area contributed by atoms with Crippen LogP contribution in [0.3, 0.4) is 0 Å². The van der Waals surface area contributed by atoms with Gasteiger partial charge in [0.1, 0.15) is 0 Å². The number of benzene rings is 1. The van der Waals surface area contributed by atoms with Gasteiger partial charge in [-0.1, -0.05) is 6.07 Å². The fourth-order valence-corrected chi connectivity index (χ4v) is 2.41. The first kappa shape index (κ1) is 14.7. The average molecular weight is 279 g/mol. The number of rotatable bonds is 4. The molecule has 5 nitrogen and oxygen atoms in total. The topological polar surface area (TPSA) is 59.0 Å². The summed E-state index contributed by atoms with van der Waals surface area (Å²) in [4.78, 5) is 13.9. The number of amides is 1. The number of para-hydroxylation sites is 1. The van der Waals surface area contributed by atoms with Gasteiger partial charge in [-0.15, -0.1) is 0 Å². The van der Waals surface area contributed by atoms with Crippen LogP contribution in [0.25, 0.3) is 0 Å². The Labute approximate surface area is 119 Å². The van der Waals surface area contributed by atoms with Gasteiger partial charge in [0.15, 0.2) is 11.5 Å². The van der Waals surface area contributed by atoms with Crippen molar-refractivity contribution in [3.63, 3.8) is 0 Å². The highest BCUT2D eigenvalue weighted by Gasteiger charge is 2.22. The highest BCUT2D eigenvalue weighted by atomic mass is 16.5. The van der Waals surface area contributed by atoms with Crippen molar-refractivity contribution < 1.29 is 19.4 Å². The van der Waals surface area contributed by atoms with E-state index in [-0.39, 0.29) is 23.3 Å². The summed E-state index contributed by atoms with van der Waals surface area (Å²) < 4.78 is 10.6. The molecule has 1 aliphatic rings. The van der Waals surface area contributed by atoms with Crippen LogP contribution >= 0.6 is 0 Å². The number of aromatic hydroxyl groups is 1. The Morgan fingerprint density at radius 2 is 2.30 bits per heavy atom. The molecule has 0 aliphatic carbocycles. The van der Waals surface area contributed by atoms with E-state index in [1.54, 1.807) is 30.1 Å². The summed E-state index contributed by atoms with van der Waals surface area (Å²) in [5.74, 6) is -0.0369. The van der Waals surface area contributed by atoms with Crippen LogP contribution in [-0.2, 0) is 4.74 Å². The first-order valence-electron chi connectivity index (χ1n) is 6.86. The van der Waals surface area contributed by atoms with E-state index in [9.17, 15) is 9.90 Å². The van der Waals surface area contributed by atoms with Gasteiger partial charge in [-0.2, -0.15) is 0 Å². The highest BCUT2D eigenvalue weighted by Crippen LogP contribution is 2.30. The van der Waals surface area contributed by atoms with Crippen molar-refractivity contribution in [2.24, 2.45) is 0 Å². The summed E-state index contributed by atoms with van der Waals surface area (Å²) >= 11 is 0. The van der Waals surface area contributed by atoms with Crippen LogP contribution in [0.2, 0.25) is 0 Å². The summed E-state index contributed by atoms with van der Waals surface area (Å²) in [6.45, 7) is 1.30. The summed E-state index contributed by atoms with van der Waals surface area (Å²) in [6.07, 6.45) is 3.29. The Morgan fingerprint density at radius 3 is 2.95 bits per heavy atom. The largest absolute Gasteiger partial charge is 0.504 e. The quantitative estimate of drug-likeness (QED) is 0.916. The van der Waals surface area contributed by atoms with E-state index in [4.69, 9.17) is 9.47 Å². The van der Waals surface area contributed by atoms with Crippen LogP contribution in [0, 0.1) is 0 Å². The maximum Gasteiger partial charge on any atom is 0.257 e. The Balaban J connectivity index is 2.06. The minimum absolute atomic E-state index is 0.0884. The van der Waals surface area contributed by atoms with Gasteiger partial charge >= 0.3 is 0 Å². The van der Waals surface area contributed by atoms with E-state index < -0.39 is 0 Å². The smallest absolute Gasteiger partial charge is 0.257 e. The second kappa shape index (κ2) is 6.61. The maximum absolute atomic E-state index is 12.4. The monoisotopic (exact) mass is 279 g/mol. The molecule has 1 atom stereocenters. The fraction of sp³-hybridized carbons (Fsp3) is 0.533. The van der Waals surface area contributed by atoms with Crippen molar-refractivity contribution in [1.82, 2.24) is 4.90 Å². The van der Waals surface area contributed by atoms with Crippen LogP contribution in [0.4, 0.5) is 0 Å². The van der Waals surface area contributed by atoms with Crippen molar-refractivity contribution in [3.05, 3.63) is 23.8 Å². The number of carbonyl (C=O) groups excluding carboxylic acids is 1. The molecule has 1 aromatic rings. The lowest BCUT2D eigenvalue weighted by Gasteiger charge is -2.27. The molecule has 0 saturated carbocycles. The zero-order chi connectivity index (χ0) is 14.5. The van der Waals surface area contributed by atoms with Gasteiger partial charge in [-0.25, -0.2) is 0 Å². The minimum atomic E-state index is -0.226. The summed E-state index contributed by atoms with van der Waals surface area (Å²) in [7, 11) is 3.18. The molecule has 2 rings (SSSR count). The van der Waals surface area contributed by atoms with E-state index in [2.05, 4.69) is 0 Å². The number of ether oxygens (including phenoxy) is 2. The molecule has 5 heteroatoms. The Hall–Kier alpha value is -1.75. The van der Waals surface area contributed by atoms with Gasteiger partial charge < -0.3 is 19.5 Å². The molecule has 0 radical (unpaired) electrons. The lowest BCUT2D eigenvalue weighted by Crippen LogP contribution is -2.37. The molecule has 1 N–H and O–H groups in total. The number of likely N-dealkylation sites (N-methyl/N-ethyl adjacent to an activating group) is 1. The van der Waals surface area contributed by atoms with Gasteiger partial charge in [0.2, 0.25) is 0 Å². The molecule has 20 heavy (non-hydrogen) atoms. The van der Waals surface area contributed by atoms with Gasteiger partial charge in [0, 0.05) is 20.2 Å². The molecule has 1 saturated heterocycles. The van der Waals surface area contributed by atoms with Crippen LogP contribution in [0.15, 0.2) is 18.2 Å². The predicted octanol–water partition coefficient (Wildman–Crippen LogP) is 2.04. The molecule has 1 unspecified atom stereocenters. The number of nitrogens with zero attached hydrogens (tertiary/aromatic N) is 1. The third-order valence-electron chi connectivity index (χ3n) is 3.55. The standard InChI is InChI=1S/C15H21NO4/c1-16(10-11-6-3-4-9-20-11)15(18)12-7-5-8-13(19-2)14(12)17/h5,7-8,11,17H,3-4,6,9-10H2,1-2H3. The predicted molar refractivity (Wildman–Crippen MR) is 75.2 cm³/mol. The fourth-order valence-electron chi connectivity index (χ4n) is 2.41. The van der Waals surface area contributed by atoms with Crippen molar-refractivity contribution in [3.8, 4) is 11.5 Å². The summed E-state index contributed by atoms with van der Waals surface area (Å²) in [5.41, 5.74) is 0.252. The zero-order valence-corrected chi connectivity index (χ0v) is 12.0. The Morgan fingerprint density at radius 1 is 1.50 bits per heavy atom. The Bertz CT molecular complexity index is 469. The maximum atomic E-state index is 12.4. The number of hydrogen-bond acceptors (Lipinski definition) is 4. The molecule has 0 bridgehead atoms. The lowest BCUT2D eigenvalue weighted by molar-refractivity contribution is -0.000246. The van der Waals surface area contributed by atoms with Crippen molar-refractivity contribution in [1.29, 1.82) is 0 Å². The summed E-state index contributed by atoms with van der Waals surface area (Å²) in [5, 5.41) is 10.0. The van der Waals surface area contributed by atoms with E-state index in [0.717, 1.165) is 25.9 Å². The van der Waals surface area contributed by atoms with Crippen LogP contribution in [0.1, 0.15) is 29.6 Å². The van der Waals surface area contributed by atoms with Crippen LogP contribution in [0.5, 0.6) is 11.5 Å². The first-order valence-corrected chi connectivity index (χ1v) is 6.86. The second-order valence-electron chi connectivity index (χ2n) is 5.03. The number of hydrogen-bond donors (Lipinski definition) is 1. The zero-order valence-electron chi connectivity index (χ0n) is 12.0. The molecule has 0 aromatic heterocycles. The molecular formula is C15H21NO4. The Kier molecular flexibility index (Phi) is 4.84. The third-order valence-corrected chi connectivity index (χ3v) is 3.55. The molecule has 1 aliphatic heterocycles. The number of carbonyl (C=O) groups is 1. The van der Waals surface area contributed by atoms with Crippen molar-refractivity contribution >= 4 is 5.91 Å². The molecule has 0 spiro atoms. The van der Waals surface area contributed by atoms with Gasteiger partial charge in [-0.05, 0) is 31.4 Å². The van der Waals surface area contributed by atoms with E-state index >= 15 is 0 Å². The summed E-state index contributed by atoms with van der Waals surface area (Å²) in [6, 6.07) is 4.91. The molecule has 1 fully saturated rings. The van der Waals surface area contributed by atoms with Gasteiger partial charge in [-0.3, -0.25) is 4.79 Å². The molecule has 1 amide bonds.